The zero-order chi connectivity index (χ0) is 14.8. The standard InChI is InChI=1S/C17H30O3S/c1-19-17(6-3-2-4-7-17)15(18)14-5-10-20-16(13-14)8-11-21-12-9-16/h14-15,18H,2-13H2,1H3. The zero-order valence-electron chi connectivity index (χ0n) is 13.3. The number of rotatable bonds is 3. The van der Waals surface area contributed by atoms with Crippen LogP contribution >= 0.6 is 11.8 Å². The molecule has 1 aliphatic carbocycles. The van der Waals surface area contributed by atoms with Crippen molar-refractivity contribution < 1.29 is 14.6 Å². The van der Waals surface area contributed by atoms with Crippen LogP contribution in [0.1, 0.15) is 57.8 Å². The minimum atomic E-state index is -0.321. The Morgan fingerprint density at radius 1 is 1.14 bits per heavy atom. The second-order valence-corrected chi connectivity index (χ2v) is 8.40. The molecule has 0 bridgehead atoms. The van der Waals surface area contributed by atoms with Gasteiger partial charge in [-0.25, -0.2) is 0 Å². The van der Waals surface area contributed by atoms with E-state index in [2.05, 4.69) is 0 Å². The topological polar surface area (TPSA) is 38.7 Å². The minimum Gasteiger partial charge on any atom is -0.390 e. The molecule has 3 rings (SSSR count). The van der Waals surface area contributed by atoms with E-state index in [-0.39, 0.29) is 17.3 Å². The molecule has 1 saturated carbocycles. The van der Waals surface area contributed by atoms with Crippen molar-refractivity contribution in [1.82, 2.24) is 0 Å². The van der Waals surface area contributed by atoms with Crippen LogP contribution in [-0.2, 0) is 9.47 Å². The molecule has 1 N–H and O–H groups in total. The molecule has 4 heteroatoms. The lowest BCUT2D eigenvalue weighted by Crippen LogP contribution is -2.54. The van der Waals surface area contributed by atoms with Gasteiger partial charge in [-0.15, -0.1) is 0 Å². The van der Waals surface area contributed by atoms with Gasteiger partial charge < -0.3 is 14.6 Å². The van der Waals surface area contributed by atoms with Crippen LogP contribution in [-0.4, -0.2) is 47.6 Å². The number of hydrogen-bond acceptors (Lipinski definition) is 4. The van der Waals surface area contributed by atoms with Crippen molar-refractivity contribution in [3.05, 3.63) is 0 Å². The van der Waals surface area contributed by atoms with Gasteiger partial charge in [0.2, 0.25) is 0 Å². The molecule has 2 atom stereocenters. The molecule has 2 saturated heterocycles. The Kier molecular flexibility index (Phi) is 5.19. The molecule has 3 fully saturated rings. The Bertz CT molecular complexity index is 329. The fourth-order valence-corrected chi connectivity index (χ4v) is 5.86. The highest BCUT2D eigenvalue weighted by atomic mass is 32.2. The van der Waals surface area contributed by atoms with Crippen LogP contribution in [0.3, 0.4) is 0 Å². The predicted octanol–water partition coefficient (Wildman–Crippen LogP) is 3.39. The zero-order valence-corrected chi connectivity index (χ0v) is 14.1. The van der Waals surface area contributed by atoms with Gasteiger partial charge in [-0.2, -0.15) is 11.8 Å². The van der Waals surface area contributed by atoms with Gasteiger partial charge in [-0.1, -0.05) is 19.3 Å². The number of ether oxygens (including phenoxy) is 2. The summed E-state index contributed by atoms with van der Waals surface area (Å²) in [5.74, 6) is 2.76. The fourth-order valence-electron chi connectivity index (χ4n) is 4.63. The van der Waals surface area contributed by atoms with Crippen molar-refractivity contribution >= 4 is 11.8 Å². The molecular weight excluding hydrogens is 284 g/mol. The normalized spacial score (nSPS) is 33.7. The summed E-state index contributed by atoms with van der Waals surface area (Å²) in [7, 11) is 1.79. The molecule has 0 aromatic rings. The van der Waals surface area contributed by atoms with E-state index in [0.29, 0.717) is 5.92 Å². The van der Waals surface area contributed by atoms with Crippen molar-refractivity contribution in [1.29, 1.82) is 0 Å². The molecule has 0 aromatic carbocycles. The van der Waals surface area contributed by atoms with E-state index in [9.17, 15) is 5.11 Å². The van der Waals surface area contributed by atoms with Crippen molar-refractivity contribution in [2.24, 2.45) is 5.92 Å². The lowest BCUT2D eigenvalue weighted by Gasteiger charge is -2.49. The van der Waals surface area contributed by atoms with E-state index in [4.69, 9.17) is 9.47 Å². The Labute approximate surface area is 133 Å². The number of hydrogen-bond donors (Lipinski definition) is 1. The molecule has 1 spiro atoms. The molecule has 0 aromatic heterocycles. The lowest BCUT2D eigenvalue weighted by atomic mass is 9.71. The van der Waals surface area contributed by atoms with Gasteiger partial charge in [-0.05, 0) is 55.9 Å². The van der Waals surface area contributed by atoms with Gasteiger partial charge in [0.15, 0.2) is 0 Å². The first kappa shape index (κ1) is 16.1. The van der Waals surface area contributed by atoms with Crippen molar-refractivity contribution in [2.45, 2.75) is 75.1 Å². The summed E-state index contributed by atoms with van der Waals surface area (Å²) in [5.41, 5.74) is -0.233. The van der Waals surface area contributed by atoms with Crippen molar-refractivity contribution in [3.63, 3.8) is 0 Å². The highest BCUT2D eigenvalue weighted by molar-refractivity contribution is 7.99. The first-order valence-corrected chi connectivity index (χ1v) is 9.80. The molecule has 2 heterocycles. The Hall–Kier alpha value is 0.230. The number of aliphatic hydroxyl groups is 1. The molecule has 3 nitrogen and oxygen atoms in total. The van der Waals surface area contributed by atoms with Gasteiger partial charge in [0.05, 0.1) is 17.3 Å². The largest absolute Gasteiger partial charge is 0.390 e. The molecule has 2 unspecified atom stereocenters. The van der Waals surface area contributed by atoms with E-state index in [1.165, 1.54) is 30.8 Å². The Morgan fingerprint density at radius 2 is 1.86 bits per heavy atom. The molecule has 21 heavy (non-hydrogen) atoms. The smallest absolute Gasteiger partial charge is 0.0939 e. The fraction of sp³-hybridized carbons (Fsp3) is 1.00. The third-order valence-electron chi connectivity index (χ3n) is 6.03. The maximum Gasteiger partial charge on any atom is 0.0939 e. The van der Waals surface area contributed by atoms with Crippen LogP contribution < -0.4 is 0 Å². The van der Waals surface area contributed by atoms with Gasteiger partial charge in [0, 0.05) is 13.7 Å². The summed E-state index contributed by atoms with van der Waals surface area (Å²) in [6.07, 6.45) is 9.70. The lowest BCUT2D eigenvalue weighted by molar-refractivity contribution is -0.178. The van der Waals surface area contributed by atoms with E-state index in [1.54, 1.807) is 7.11 Å². The summed E-state index contributed by atoms with van der Waals surface area (Å²) in [6.45, 7) is 0.812. The van der Waals surface area contributed by atoms with E-state index >= 15 is 0 Å². The maximum atomic E-state index is 11.1. The minimum absolute atomic E-state index is 0.0543. The van der Waals surface area contributed by atoms with Crippen molar-refractivity contribution in [3.8, 4) is 0 Å². The monoisotopic (exact) mass is 314 g/mol. The summed E-state index contributed by atoms with van der Waals surface area (Å²) < 4.78 is 12.1. The van der Waals surface area contributed by atoms with Crippen LogP contribution in [0.2, 0.25) is 0 Å². The third-order valence-corrected chi connectivity index (χ3v) is 7.01. The summed E-state index contributed by atoms with van der Waals surface area (Å²) in [4.78, 5) is 0. The molecule has 3 aliphatic rings. The Balaban J connectivity index is 1.69. The summed E-state index contributed by atoms with van der Waals surface area (Å²) >= 11 is 2.04. The average molecular weight is 314 g/mol. The molecule has 0 radical (unpaired) electrons. The second kappa shape index (κ2) is 6.77. The second-order valence-electron chi connectivity index (χ2n) is 7.17. The highest BCUT2D eigenvalue weighted by Gasteiger charge is 2.47. The third kappa shape index (κ3) is 3.29. The highest BCUT2D eigenvalue weighted by Crippen LogP contribution is 2.45. The average Bonchev–Trinajstić information content (AvgIpc) is 2.55. The summed E-state index contributed by atoms with van der Waals surface area (Å²) in [5, 5.41) is 11.1. The molecule has 122 valence electrons. The molecule has 2 aliphatic heterocycles. The number of methoxy groups -OCH3 is 1. The maximum absolute atomic E-state index is 11.1. The Morgan fingerprint density at radius 3 is 2.52 bits per heavy atom. The van der Waals surface area contributed by atoms with Gasteiger partial charge in [0.25, 0.3) is 0 Å². The summed E-state index contributed by atoms with van der Waals surface area (Å²) in [6, 6.07) is 0. The SMILES string of the molecule is COC1(C(O)C2CCOC3(CCSCC3)C2)CCCCC1. The van der Waals surface area contributed by atoms with Gasteiger partial charge in [-0.3, -0.25) is 0 Å². The van der Waals surface area contributed by atoms with E-state index in [0.717, 1.165) is 45.1 Å². The number of aliphatic hydroxyl groups excluding tert-OH is 1. The van der Waals surface area contributed by atoms with Crippen LogP contribution in [0.5, 0.6) is 0 Å². The quantitative estimate of drug-likeness (QED) is 0.866. The van der Waals surface area contributed by atoms with Crippen LogP contribution in [0.4, 0.5) is 0 Å². The first-order valence-electron chi connectivity index (χ1n) is 8.65. The van der Waals surface area contributed by atoms with E-state index < -0.39 is 0 Å². The molecule has 0 amide bonds. The van der Waals surface area contributed by atoms with Crippen LogP contribution in [0.15, 0.2) is 0 Å². The van der Waals surface area contributed by atoms with Crippen LogP contribution in [0, 0.1) is 5.92 Å². The molecular formula is C17H30O3S. The van der Waals surface area contributed by atoms with Gasteiger partial charge in [0.1, 0.15) is 0 Å². The van der Waals surface area contributed by atoms with Crippen molar-refractivity contribution in [2.75, 3.05) is 25.2 Å². The van der Waals surface area contributed by atoms with Crippen LogP contribution in [0.25, 0.3) is 0 Å². The van der Waals surface area contributed by atoms with Gasteiger partial charge >= 0.3 is 0 Å². The predicted molar refractivity (Wildman–Crippen MR) is 86.8 cm³/mol. The first-order chi connectivity index (χ1) is 10.2. The van der Waals surface area contributed by atoms with E-state index in [1.807, 2.05) is 11.8 Å². The number of thioether (sulfide) groups is 1.